The molecule has 4 heteroatoms. The smallest absolute Gasteiger partial charge is 0.248 e. The van der Waals surface area contributed by atoms with Gasteiger partial charge in [-0.3, -0.25) is 0 Å². The third kappa shape index (κ3) is 1.87. The molecule has 0 spiro atoms. The van der Waals surface area contributed by atoms with Crippen LogP contribution in [0.5, 0.6) is 0 Å². The van der Waals surface area contributed by atoms with Crippen LogP contribution in [0.25, 0.3) is 0 Å². The Hall–Kier alpha value is -0.220. The Morgan fingerprint density at radius 3 is 2.36 bits per heavy atom. The van der Waals surface area contributed by atoms with E-state index in [0.717, 1.165) is 0 Å². The summed E-state index contributed by atoms with van der Waals surface area (Å²) in [4.78, 5) is 0. The van der Waals surface area contributed by atoms with Gasteiger partial charge in [0, 0.05) is 19.4 Å². The second kappa shape index (κ2) is 3.03. The largest absolute Gasteiger partial charge is 0.396 e. The van der Waals surface area contributed by atoms with Crippen molar-refractivity contribution in [2.45, 2.75) is 18.8 Å². The predicted octanol–water partition coefficient (Wildman–Crippen LogP) is 0.599. The lowest BCUT2D eigenvalue weighted by Gasteiger charge is -2.39. The van der Waals surface area contributed by atoms with Gasteiger partial charge in [-0.15, -0.1) is 0 Å². The maximum absolute atomic E-state index is 12.3. The molecule has 0 aromatic heterocycles. The summed E-state index contributed by atoms with van der Waals surface area (Å²) in [5, 5.41) is 8.71. The zero-order chi connectivity index (χ0) is 8.48. The Labute approximate surface area is 64.4 Å². The first kappa shape index (κ1) is 8.87. The third-order valence-corrected chi connectivity index (χ3v) is 2.33. The summed E-state index contributed by atoms with van der Waals surface area (Å²) in [5.41, 5.74) is 5.28. The monoisotopic (exact) mass is 165 g/mol. The van der Waals surface area contributed by atoms with E-state index in [1.165, 1.54) is 0 Å². The van der Waals surface area contributed by atoms with E-state index in [1.54, 1.807) is 0 Å². The van der Waals surface area contributed by atoms with E-state index in [-0.39, 0.29) is 31.3 Å². The van der Waals surface area contributed by atoms with Crippen molar-refractivity contribution in [1.82, 2.24) is 0 Å². The van der Waals surface area contributed by atoms with Crippen LogP contribution in [0.4, 0.5) is 8.78 Å². The molecule has 1 aliphatic carbocycles. The van der Waals surface area contributed by atoms with Crippen molar-refractivity contribution in [2.24, 2.45) is 17.6 Å². The Morgan fingerprint density at radius 2 is 2.09 bits per heavy atom. The number of nitrogens with two attached hydrogens (primary N) is 1. The number of aliphatic hydroxyl groups is 1. The summed E-state index contributed by atoms with van der Waals surface area (Å²) in [7, 11) is 0. The Morgan fingerprint density at radius 1 is 1.55 bits per heavy atom. The predicted molar refractivity (Wildman–Crippen MR) is 37.3 cm³/mol. The van der Waals surface area contributed by atoms with Crippen LogP contribution < -0.4 is 5.73 Å². The summed E-state index contributed by atoms with van der Waals surface area (Å²) in [6.45, 7) is 0.231. The van der Waals surface area contributed by atoms with E-state index in [2.05, 4.69) is 0 Å². The van der Waals surface area contributed by atoms with Gasteiger partial charge in [-0.25, -0.2) is 8.78 Å². The van der Waals surface area contributed by atoms with Crippen LogP contribution in [-0.2, 0) is 0 Å². The van der Waals surface area contributed by atoms with Gasteiger partial charge in [0.1, 0.15) is 0 Å². The molecule has 0 aliphatic heterocycles. The molecule has 0 amide bonds. The van der Waals surface area contributed by atoms with Crippen LogP contribution in [0.1, 0.15) is 12.8 Å². The molecule has 1 atom stereocenters. The number of hydrogen-bond donors (Lipinski definition) is 2. The number of alkyl halides is 2. The number of rotatable bonds is 3. The molecule has 11 heavy (non-hydrogen) atoms. The van der Waals surface area contributed by atoms with Crippen molar-refractivity contribution in [3.63, 3.8) is 0 Å². The van der Waals surface area contributed by atoms with Crippen LogP contribution in [0.15, 0.2) is 0 Å². The average Bonchev–Trinajstić information content (AvgIpc) is 1.86. The van der Waals surface area contributed by atoms with Crippen LogP contribution in [0, 0.1) is 11.8 Å². The van der Waals surface area contributed by atoms with Crippen LogP contribution >= 0.6 is 0 Å². The molecule has 2 nitrogen and oxygen atoms in total. The molecular weight excluding hydrogens is 152 g/mol. The summed E-state index contributed by atoms with van der Waals surface area (Å²) in [5.74, 6) is -2.69. The molecule has 1 fully saturated rings. The van der Waals surface area contributed by atoms with Gasteiger partial charge in [0.2, 0.25) is 5.92 Å². The van der Waals surface area contributed by atoms with Crippen molar-refractivity contribution < 1.29 is 13.9 Å². The van der Waals surface area contributed by atoms with Crippen molar-refractivity contribution in [3.8, 4) is 0 Å². The first-order valence-corrected chi connectivity index (χ1v) is 3.78. The topological polar surface area (TPSA) is 46.2 Å². The van der Waals surface area contributed by atoms with Gasteiger partial charge in [-0.2, -0.15) is 0 Å². The third-order valence-electron chi connectivity index (χ3n) is 2.33. The van der Waals surface area contributed by atoms with Gasteiger partial charge in [-0.1, -0.05) is 0 Å². The van der Waals surface area contributed by atoms with Crippen molar-refractivity contribution in [3.05, 3.63) is 0 Å². The lowest BCUT2D eigenvalue weighted by molar-refractivity contribution is -0.129. The lowest BCUT2D eigenvalue weighted by Crippen LogP contribution is -2.43. The minimum absolute atomic E-state index is 0.0694. The standard InChI is InChI=1S/C7H13F2NO/c8-7(9)1-5(2-7)6(3-10)4-11/h5-6,11H,1-4,10H2. The molecule has 1 aliphatic rings. The molecule has 3 N–H and O–H groups in total. The van der Waals surface area contributed by atoms with E-state index < -0.39 is 5.92 Å². The fourth-order valence-electron chi connectivity index (χ4n) is 1.46. The number of hydrogen-bond acceptors (Lipinski definition) is 2. The fraction of sp³-hybridized carbons (Fsp3) is 1.00. The summed E-state index contributed by atoms with van der Waals surface area (Å²) < 4.78 is 24.6. The molecule has 1 saturated carbocycles. The Kier molecular flexibility index (Phi) is 2.44. The summed E-state index contributed by atoms with van der Waals surface area (Å²) >= 11 is 0. The zero-order valence-corrected chi connectivity index (χ0v) is 6.26. The number of halogens is 2. The Bertz CT molecular complexity index is 128. The minimum Gasteiger partial charge on any atom is -0.396 e. The van der Waals surface area contributed by atoms with E-state index >= 15 is 0 Å². The van der Waals surface area contributed by atoms with Crippen molar-refractivity contribution in [1.29, 1.82) is 0 Å². The lowest BCUT2D eigenvalue weighted by atomic mass is 9.73. The van der Waals surface area contributed by atoms with Gasteiger partial charge in [-0.05, 0) is 18.4 Å². The molecule has 0 aromatic rings. The van der Waals surface area contributed by atoms with Crippen molar-refractivity contribution in [2.75, 3.05) is 13.2 Å². The molecular formula is C7H13F2NO. The molecule has 66 valence electrons. The number of aliphatic hydroxyl groups excluding tert-OH is 1. The van der Waals surface area contributed by atoms with E-state index in [1.807, 2.05) is 0 Å². The highest BCUT2D eigenvalue weighted by molar-refractivity contribution is 4.90. The average molecular weight is 165 g/mol. The maximum atomic E-state index is 12.3. The van der Waals surface area contributed by atoms with E-state index in [9.17, 15) is 8.78 Å². The molecule has 0 bridgehead atoms. The van der Waals surface area contributed by atoms with Gasteiger partial charge < -0.3 is 10.8 Å². The second-order valence-corrected chi connectivity index (χ2v) is 3.20. The quantitative estimate of drug-likeness (QED) is 0.643. The molecule has 0 heterocycles. The summed E-state index contributed by atoms with van der Waals surface area (Å²) in [6, 6.07) is 0. The van der Waals surface area contributed by atoms with Gasteiger partial charge >= 0.3 is 0 Å². The highest BCUT2D eigenvalue weighted by Crippen LogP contribution is 2.45. The second-order valence-electron chi connectivity index (χ2n) is 3.20. The first-order valence-electron chi connectivity index (χ1n) is 3.78. The SMILES string of the molecule is NCC(CO)C1CC(F)(F)C1. The molecule has 0 aromatic carbocycles. The highest BCUT2D eigenvalue weighted by Gasteiger charge is 2.47. The zero-order valence-electron chi connectivity index (χ0n) is 6.26. The van der Waals surface area contributed by atoms with Crippen LogP contribution in [0.3, 0.4) is 0 Å². The van der Waals surface area contributed by atoms with Gasteiger partial charge in [0.25, 0.3) is 0 Å². The Balaban J connectivity index is 2.30. The molecule has 1 unspecified atom stereocenters. The van der Waals surface area contributed by atoms with Crippen LogP contribution in [0.2, 0.25) is 0 Å². The van der Waals surface area contributed by atoms with E-state index in [4.69, 9.17) is 10.8 Å². The van der Waals surface area contributed by atoms with E-state index in [0.29, 0.717) is 6.54 Å². The highest BCUT2D eigenvalue weighted by atomic mass is 19.3. The normalized spacial score (nSPS) is 26.2. The minimum atomic E-state index is -2.49. The van der Waals surface area contributed by atoms with Gasteiger partial charge in [0.05, 0.1) is 0 Å². The molecule has 0 radical (unpaired) electrons. The molecule has 1 rings (SSSR count). The van der Waals surface area contributed by atoms with Crippen LogP contribution in [-0.4, -0.2) is 24.2 Å². The van der Waals surface area contributed by atoms with Gasteiger partial charge in [0.15, 0.2) is 0 Å². The fourth-order valence-corrected chi connectivity index (χ4v) is 1.46. The first-order chi connectivity index (χ1) is 5.09. The summed E-state index contributed by atoms with van der Waals surface area (Å²) in [6.07, 6.45) is -0.204. The molecule has 0 saturated heterocycles. The maximum Gasteiger partial charge on any atom is 0.248 e. The van der Waals surface area contributed by atoms with Crippen molar-refractivity contribution >= 4 is 0 Å².